The van der Waals surface area contributed by atoms with Gasteiger partial charge >= 0.3 is 0 Å². The molecule has 0 saturated heterocycles. The summed E-state index contributed by atoms with van der Waals surface area (Å²) in [5, 5.41) is 51.2. The van der Waals surface area contributed by atoms with Gasteiger partial charge in [0.15, 0.2) is 17.3 Å². The molecule has 3 aromatic carbocycles. The van der Waals surface area contributed by atoms with E-state index in [4.69, 9.17) is 0 Å². The van der Waals surface area contributed by atoms with E-state index in [1.165, 1.54) is 12.1 Å². The van der Waals surface area contributed by atoms with Gasteiger partial charge in [0.05, 0.1) is 22.8 Å². The fourth-order valence-electron chi connectivity index (χ4n) is 3.52. The highest BCUT2D eigenvalue weighted by atomic mass is 16.3. The molecule has 3 rings (SSSR count). The lowest BCUT2D eigenvalue weighted by molar-refractivity contribution is -0.116. The van der Waals surface area contributed by atoms with Crippen LogP contribution in [0.5, 0.6) is 23.0 Å². The second-order valence-corrected chi connectivity index (χ2v) is 7.31. The third-order valence-corrected chi connectivity index (χ3v) is 4.75. The van der Waals surface area contributed by atoms with Crippen LogP contribution in [0.15, 0.2) is 36.1 Å². The average Bonchev–Trinajstić information content (AvgIpc) is 2.64. The van der Waals surface area contributed by atoms with Gasteiger partial charge in [0.1, 0.15) is 28.8 Å². The van der Waals surface area contributed by atoms with Crippen molar-refractivity contribution >= 4 is 44.7 Å². The minimum absolute atomic E-state index is 0.0239. The summed E-state index contributed by atoms with van der Waals surface area (Å²) in [6, 6.07) is 4.60. The van der Waals surface area contributed by atoms with Gasteiger partial charge in [-0.15, -0.1) is 0 Å². The van der Waals surface area contributed by atoms with Gasteiger partial charge in [0.25, 0.3) is 0 Å². The highest BCUT2D eigenvalue weighted by Crippen LogP contribution is 2.46. The number of allylic oxidation sites excluding steroid dienone is 2. The quantitative estimate of drug-likeness (QED) is 0.127. The number of ketones is 4. The number of hydrogen-bond donors (Lipinski definition) is 5. The number of carbonyl (C=O) groups is 4. The van der Waals surface area contributed by atoms with E-state index in [1.54, 1.807) is 0 Å². The van der Waals surface area contributed by atoms with Crippen molar-refractivity contribution in [3.8, 4) is 23.0 Å². The molecule has 0 aliphatic rings. The maximum atomic E-state index is 12.8. The molecule has 0 spiro atoms. The number of rotatable bonds is 6. The van der Waals surface area contributed by atoms with E-state index in [0.717, 1.165) is 26.0 Å². The van der Waals surface area contributed by atoms with Crippen molar-refractivity contribution in [2.45, 2.75) is 20.3 Å². The van der Waals surface area contributed by atoms with E-state index in [9.17, 15) is 44.7 Å². The SMILES string of the molecule is CC(=O)/C=C(/O)C(=O)c1cc2cc3cc(O)cc(O)c3c(O)c2c(O)c1C(=O)CC(C)=O. The van der Waals surface area contributed by atoms with Gasteiger partial charge in [0, 0.05) is 17.7 Å². The summed E-state index contributed by atoms with van der Waals surface area (Å²) in [6.45, 7) is 2.21. The predicted molar refractivity (Wildman–Crippen MR) is 113 cm³/mol. The van der Waals surface area contributed by atoms with Gasteiger partial charge in [-0.3, -0.25) is 19.2 Å². The van der Waals surface area contributed by atoms with Crippen LogP contribution < -0.4 is 0 Å². The van der Waals surface area contributed by atoms with Crippen molar-refractivity contribution in [1.82, 2.24) is 0 Å². The number of benzene rings is 3. The molecule has 0 atom stereocenters. The number of phenolic OH excluding ortho intramolecular Hbond substituents is 4. The first-order chi connectivity index (χ1) is 14.9. The zero-order valence-electron chi connectivity index (χ0n) is 17.0. The molecule has 0 aliphatic carbocycles. The lowest BCUT2D eigenvalue weighted by Crippen LogP contribution is -2.14. The van der Waals surface area contributed by atoms with Crippen molar-refractivity contribution in [2.24, 2.45) is 0 Å². The Hall–Kier alpha value is -4.40. The summed E-state index contributed by atoms with van der Waals surface area (Å²) in [5.74, 6) is -6.62. The third-order valence-electron chi connectivity index (χ3n) is 4.75. The zero-order chi connectivity index (χ0) is 23.9. The highest BCUT2D eigenvalue weighted by molar-refractivity contribution is 6.23. The maximum absolute atomic E-state index is 12.8. The summed E-state index contributed by atoms with van der Waals surface area (Å²) in [6.07, 6.45) is -0.0409. The summed E-state index contributed by atoms with van der Waals surface area (Å²) in [4.78, 5) is 48.2. The number of Topliss-reactive ketones (excluding diaryl/α,β-unsaturated/α-hetero) is 3. The monoisotopic (exact) mass is 438 g/mol. The molecular formula is C23H18O9. The van der Waals surface area contributed by atoms with Crippen molar-refractivity contribution in [3.05, 3.63) is 47.2 Å². The summed E-state index contributed by atoms with van der Waals surface area (Å²) < 4.78 is 0. The minimum atomic E-state index is -1.16. The van der Waals surface area contributed by atoms with Crippen LogP contribution in [0.25, 0.3) is 21.5 Å². The van der Waals surface area contributed by atoms with E-state index in [1.807, 2.05) is 0 Å². The van der Waals surface area contributed by atoms with E-state index < -0.39 is 63.7 Å². The summed E-state index contributed by atoms with van der Waals surface area (Å²) >= 11 is 0. The molecule has 0 saturated carbocycles. The van der Waals surface area contributed by atoms with Crippen molar-refractivity contribution in [2.75, 3.05) is 0 Å². The van der Waals surface area contributed by atoms with Crippen LogP contribution in [0.4, 0.5) is 0 Å². The molecule has 0 fully saturated rings. The van der Waals surface area contributed by atoms with Crippen LogP contribution in [0, 0.1) is 0 Å². The predicted octanol–water partition coefficient (Wildman–Crippen LogP) is 3.19. The molecule has 0 aromatic heterocycles. The molecule has 0 radical (unpaired) electrons. The molecule has 9 heteroatoms. The van der Waals surface area contributed by atoms with Crippen LogP contribution in [-0.2, 0) is 9.59 Å². The molecule has 5 N–H and O–H groups in total. The van der Waals surface area contributed by atoms with Crippen LogP contribution in [0.1, 0.15) is 41.0 Å². The third kappa shape index (κ3) is 3.83. The Labute approximate surface area is 180 Å². The van der Waals surface area contributed by atoms with E-state index in [2.05, 4.69) is 0 Å². The largest absolute Gasteiger partial charge is 0.508 e. The first-order valence-corrected chi connectivity index (χ1v) is 9.28. The zero-order valence-corrected chi connectivity index (χ0v) is 17.0. The number of phenols is 4. The van der Waals surface area contributed by atoms with E-state index in [-0.39, 0.29) is 27.3 Å². The first kappa shape index (κ1) is 22.3. The standard InChI is InChI=1S/C23H18O9/c1-9(24)3-15(27)20-14(21(30)17(29)4-10(2)25)7-12-5-11-6-13(26)8-16(28)18(11)22(31)19(12)23(20)32/h4-8,26,28-29,31-32H,3H2,1-2H3/b17-4+. The van der Waals surface area contributed by atoms with Crippen molar-refractivity contribution in [3.63, 3.8) is 0 Å². The molecule has 32 heavy (non-hydrogen) atoms. The van der Waals surface area contributed by atoms with Crippen LogP contribution in [0.3, 0.4) is 0 Å². The van der Waals surface area contributed by atoms with Gasteiger partial charge < -0.3 is 25.5 Å². The topological polar surface area (TPSA) is 169 Å². The number of aliphatic hydroxyl groups is 1. The minimum Gasteiger partial charge on any atom is -0.508 e. The smallest absolute Gasteiger partial charge is 0.228 e. The van der Waals surface area contributed by atoms with E-state index in [0.29, 0.717) is 6.08 Å². The lowest BCUT2D eigenvalue weighted by Gasteiger charge is -2.15. The number of fused-ring (bicyclic) bond motifs is 2. The van der Waals surface area contributed by atoms with Crippen LogP contribution in [-0.4, -0.2) is 48.7 Å². The van der Waals surface area contributed by atoms with Crippen LogP contribution in [0.2, 0.25) is 0 Å². The molecule has 3 aromatic rings. The molecule has 0 heterocycles. The number of aliphatic hydroxyl groups excluding tert-OH is 1. The number of carbonyl (C=O) groups excluding carboxylic acids is 4. The molecule has 164 valence electrons. The average molecular weight is 438 g/mol. The Morgan fingerprint density at radius 2 is 1.47 bits per heavy atom. The van der Waals surface area contributed by atoms with Gasteiger partial charge in [-0.05, 0) is 42.8 Å². The Bertz CT molecular complexity index is 1380. The Morgan fingerprint density at radius 3 is 2.06 bits per heavy atom. The Morgan fingerprint density at radius 1 is 0.844 bits per heavy atom. The van der Waals surface area contributed by atoms with Gasteiger partial charge in [-0.1, -0.05) is 0 Å². The maximum Gasteiger partial charge on any atom is 0.228 e. The first-order valence-electron chi connectivity index (χ1n) is 9.28. The molecule has 0 bridgehead atoms. The Kier molecular flexibility index (Phi) is 5.59. The normalized spacial score (nSPS) is 11.6. The van der Waals surface area contributed by atoms with Gasteiger partial charge in [-0.2, -0.15) is 0 Å². The van der Waals surface area contributed by atoms with Crippen molar-refractivity contribution < 1.29 is 44.7 Å². The van der Waals surface area contributed by atoms with E-state index >= 15 is 0 Å². The Balaban J connectivity index is 2.47. The summed E-state index contributed by atoms with van der Waals surface area (Å²) in [5.41, 5.74) is -1.13. The summed E-state index contributed by atoms with van der Waals surface area (Å²) in [7, 11) is 0. The van der Waals surface area contributed by atoms with Crippen molar-refractivity contribution in [1.29, 1.82) is 0 Å². The van der Waals surface area contributed by atoms with Crippen LogP contribution >= 0.6 is 0 Å². The lowest BCUT2D eigenvalue weighted by atomic mass is 9.90. The molecule has 0 amide bonds. The van der Waals surface area contributed by atoms with Gasteiger partial charge in [0.2, 0.25) is 5.78 Å². The molecular weight excluding hydrogens is 420 g/mol. The number of aromatic hydroxyl groups is 4. The second kappa shape index (κ2) is 8.03. The molecule has 0 unspecified atom stereocenters. The molecule has 0 aliphatic heterocycles. The highest BCUT2D eigenvalue weighted by Gasteiger charge is 2.28. The fraction of sp³-hybridized carbons (Fsp3) is 0.130. The second-order valence-electron chi connectivity index (χ2n) is 7.31. The van der Waals surface area contributed by atoms with Gasteiger partial charge in [-0.25, -0.2) is 0 Å². The number of hydrogen-bond acceptors (Lipinski definition) is 9. The fourth-order valence-corrected chi connectivity index (χ4v) is 3.52. The molecule has 9 nitrogen and oxygen atoms in total.